The number of nitrogens with one attached hydrogen (secondary N) is 1. The number of aromatic amines is 1. The third-order valence-electron chi connectivity index (χ3n) is 8.42. The maximum absolute atomic E-state index is 14.2. The highest BCUT2D eigenvalue weighted by molar-refractivity contribution is 6.32. The lowest BCUT2D eigenvalue weighted by Gasteiger charge is -2.48. The summed E-state index contributed by atoms with van der Waals surface area (Å²) in [5, 5.41) is 1.71. The van der Waals surface area contributed by atoms with Crippen LogP contribution < -0.4 is 16.0 Å². The molecular weight excluding hydrogens is 506 g/mol. The van der Waals surface area contributed by atoms with Gasteiger partial charge < -0.3 is 15.5 Å². The van der Waals surface area contributed by atoms with Gasteiger partial charge in [0, 0.05) is 30.1 Å². The first-order valence-corrected chi connectivity index (χ1v) is 13.7. The molecule has 1 fully saturated rings. The Balaban J connectivity index is 1.38. The van der Waals surface area contributed by atoms with Crippen LogP contribution in [0.5, 0.6) is 5.75 Å². The van der Waals surface area contributed by atoms with Crippen LogP contribution >= 0.6 is 11.6 Å². The van der Waals surface area contributed by atoms with Crippen molar-refractivity contribution < 1.29 is 13.5 Å². The average molecular weight is 539 g/mol. The number of nitrogens with two attached hydrogens (primary N) is 1. The summed E-state index contributed by atoms with van der Waals surface area (Å²) >= 11 is 6.59. The normalized spacial score (nSPS) is 24.6. The van der Waals surface area contributed by atoms with Gasteiger partial charge in [-0.3, -0.25) is 4.79 Å². The molecule has 0 radical (unpaired) electrons. The molecule has 2 aliphatic carbocycles. The number of pyridine rings is 1. The van der Waals surface area contributed by atoms with Crippen molar-refractivity contribution in [2.24, 2.45) is 17.1 Å². The Morgan fingerprint density at radius 2 is 1.89 bits per heavy atom. The number of H-pyrrole nitrogens is 1. The van der Waals surface area contributed by atoms with Crippen LogP contribution in [0.2, 0.25) is 5.02 Å². The number of halogens is 3. The van der Waals surface area contributed by atoms with Crippen LogP contribution in [0.25, 0.3) is 10.8 Å². The highest BCUT2D eigenvalue weighted by atomic mass is 35.5. The number of ether oxygens (including phenoxy) is 1. The van der Waals surface area contributed by atoms with Crippen LogP contribution in [0.4, 0.5) is 8.78 Å². The van der Waals surface area contributed by atoms with Gasteiger partial charge in [-0.05, 0) is 84.6 Å². The molecule has 38 heavy (non-hydrogen) atoms. The van der Waals surface area contributed by atoms with E-state index in [9.17, 15) is 13.6 Å². The second kappa shape index (κ2) is 11.0. The first kappa shape index (κ1) is 26.6. The van der Waals surface area contributed by atoms with Crippen molar-refractivity contribution in [2.75, 3.05) is 0 Å². The molecule has 3 N–H and O–H groups in total. The van der Waals surface area contributed by atoms with E-state index in [2.05, 4.69) is 17.1 Å². The number of benzene rings is 2. The molecule has 2 atom stereocenters. The van der Waals surface area contributed by atoms with Crippen LogP contribution in [-0.4, -0.2) is 17.1 Å². The van der Waals surface area contributed by atoms with Gasteiger partial charge in [-0.1, -0.05) is 48.9 Å². The first-order chi connectivity index (χ1) is 18.3. The minimum Gasteiger partial charge on any atom is -0.489 e. The topological polar surface area (TPSA) is 68.1 Å². The van der Waals surface area contributed by atoms with Gasteiger partial charge in [0.15, 0.2) is 0 Å². The lowest BCUT2D eigenvalue weighted by atomic mass is 9.59. The molecule has 2 unspecified atom stereocenters. The molecule has 0 saturated heterocycles. The summed E-state index contributed by atoms with van der Waals surface area (Å²) in [4.78, 5) is 15.4. The largest absolute Gasteiger partial charge is 0.489 e. The highest BCUT2D eigenvalue weighted by Crippen LogP contribution is 2.51. The highest BCUT2D eigenvalue weighted by Gasteiger charge is 2.46. The van der Waals surface area contributed by atoms with Crippen molar-refractivity contribution in [3.05, 3.63) is 99.0 Å². The molecule has 2 aromatic carbocycles. The predicted molar refractivity (Wildman–Crippen MR) is 149 cm³/mol. The van der Waals surface area contributed by atoms with E-state index in [1.165, 1.54) is 0 Å². The van der Waals surface area contributed by atoms with Crippen LogP contribution in [0.15, 0.2) is 77.3 Å². The van der Waals surface area contributed by atoms with Crippen LogP contribution in [0.1, 0.15) is 56.6 Å². The van der Waals surface area contributed by atoms with Gasteiger partial charge in [-0.15, -0.1) is 0 Å². The summed E-state index contributed by atoms with van der Waals surface area (Å²) in [5.74, 6) is -0.696. The van der Waals surface area contributed by atoms with E-state index in [1.54, 1.807) is 18.3 Å². The molecule has 0 spiro atoms. The second-order valence-electron chi connectivity index (χ2n) is 10.7. The maximum atomic E-state index is 14.2. The zero-order valence-electron chi connectivity index (χ0n) is 21.5. The van der Waals surface area contributed by atoms with E-state index < -0.39 is 11.7 Å². The summed E-state index contributed by atoms with van der Waals surface area (Å²) in [6, 6.07) is 13.4. The molecule has 0 bridgehead atoms. The quantitative estimate of drug-likeness (QED) is 0.326. The standard InChI is InChI=1S/C31H33ClF2N2O2/c1-2-29(35)31(21-13-22(33)15-23(34)14-21)10-8-24(9-11-31)38-28-17-25-20(12-19-6-4-3-5-7-19)18-36-30(37)26(25)16-27(28)32/h3-7,13,15-18,21,24,29H,2,8-12,14,35H2,1H3,(H,36,37)/t21?,24-,29?,31+. The Kier molecular flexibility index (Phi) is 7.73. The summed E-state index contributed by atoms with van der Waals surface area (Å²) in [5.41, 5.74) is 8.12. The molecule has 0 amide bonds. The first-order valence-electron chi connectivity index (χ1n) is 13.3. The molecule has 4 nitrogen and oxygen atoms in total. The summed E-state index contributed by atoms with van der Waals surface area (Å²) in [6.45, 7) is 2.02. The fraction of sp³-hybridized carbons (Fsp3) is 0.387. The number of fused-ring (bicyclic) bond motifs is 1. The molecule has 1 aromatic heterocycles. The van der Waals surface area contributed by atoms with E-state index in [4.69, 9.17) is 22.1 Å². The zero-order chi connectivity index (χ0) is 26.9. The van der Waals surface area contributed by atoms with E-state index >= 15 is 0 Å². The van der Waals surface area contributed by atoms with E-state index in [0.29, 0.717) is 48.3 Å². The number of allylic oxidation sites excluding steroid dienone is 4. The van der Waals surface area contributed by atoms with Crippen molar-refractivity contribution in [2.45, 2.75) is 64.0 Å². The summed E-state index contributed by atoms with van der Waals surface area (Å²) in [7, 11) is 0. The summed E-state index contributed by atoms with van der Waals surface area (Å²) < 4.78 is 34.8. The second-order valence-corrected chi connectivity index (χ2v) is 11.1. The fourth-order valence-electron chi connectivity index (χ4n) is 6.30. The van der Waals surface area contributed by atoms with E-state index in [1.807, 2.05) is 31.2 Å². The van der Waals surface area contributed by atoms with E-state index in [0.717, 1.165) is 29.0 Å². The van der Waals surface area contributed by atoms with Gasteiger partial charge >= 0.3 is 0 Å². The molecule has 0 aliphatic heterocycles. The van der Waals surface area contributed by atoms with Crippen LogP contribution in [0, 0.1) is 11.3 Å². The van der Waals surface area contributed by atoms with Crippen LogP contribution in [-0.2, 0) is 6.42 Å². The van der Waals surface area contributed by atoms with Crippen LogP contribution in [0.3, 0.4) is 0 Å². The maximum Gasteiger partial charge on any atom is 0.255 e. The smallest absolute Gasteiger partial charge is 0.255 e. The number of hydrogen-bond acceptors (Lipinski definition) is 3. The van der Waals surface area contributed by atoms with Gasteiger partial charge in [-0.2, -0.15) is 0 Å². The van der Waals surface area contributed by atoms with Gasteiger partial charge in [0.1, 0.15) is 17.4 Å². The molecule has 3 aromatic rings. The number of hydrogen-bond donors (Lipinski definition) is 2. The number of aromatic nitrogens is 1. The third kappa shape index (κ3) is 5.29. The SMILES string of the molecule is CCC(N)[C@]1(C2C=C(F)C=C(F)C2)CC[C@H](Oc2cc3c(Cc4ccccc4)c[nH]c(=O)c3cc2Cl)CC1. The predicted octanol–water partition coefficient (Wildman–Crippen LogP) is 7.54. The van der Waals surface area contributed by atoms with Crippen molar-refractivity contribution in [3.8, 4) is 5.75 Å². The Bertz CT molecular complexity index is 1430. The molecule has 5 rings (SSSR count). The fourth-order valence-corrected chi connectivity index (χ4v) is 6.51. The molecular formula is C31H33ClF2N2O2. The van der Waals surface area contributed by atoms with Gasteiger partial charge in [0.05, 0.1) is 11.1 Å². The lowest BCUT2D eigenvalue weighted by Crippen LogP contribution is -2.50. The van der Waals surface area contributed by atoms with Gasteiger partial charge in [0.2, 0.25) is 0 Å². The Morgan fingerprint density at radius 3 is 2.58 bits per heavy atom. The minimum atomic E-state index is -0.524. The zero-order valence-corrected chi connectivity index (χ0v) is 22.2. The Morgan fingerprint density at radius 1 is 1.16 bits per heavy atom. The minimum absolute atomic E-state index is 0.112. The van der Waals surface area contributed by atoms with Crippen molar-refractivity contribution in [3.63, 3.8) is 0 Å². The van der Waals surface area contributed by atoms with Crippen molar-refractivity contribution >= 4 is 22.4 Å². The third-order valence-corrected chi connectivity index (χ3v) is 8.72. The molecule has 200 valence electrons. The Hall–Kier alpha value is -2.96. The van der Waals surface area contributed by atoms with Gasteiger partial charge in [0.25, 0.3) is 5.56 Å². The lowest BCUT2D eigenvalue weighted by molar-refractivity contribution is 0.0265. The number of rotatable bonds is 7. The Labute approximate surface area is 226 Å². The monoisotopic (exact) mass is 538 g/mol. The molecule has 7 heteroatoms. The average Bonchev–Trinajstić information content (AvgIpc) is 2.91. The molecule has 1 saturated carbocycles. The molecule has 2 aliphatic rings. The van der Waals surface area contributed by atoms with Gasteiger partial charge in [-0.25, -0.2) is 8.78 Å². The molecule has 1 heterocycles. The van der Waals surface area contributed by atoms with Crippen molar-refractivity contribution in [1.82, 2.24) is 4.98 Å². The van der Waals surface area contributed by atoms with Crippen molar-refractivity contribution in [1.29, 1.82) is 0 Å². The summed E-state index contributed by atoms with van der Waals surface area (Å²) in [6.07, 6.45) is 8.54. The van der Waals surface area contributed by atoms with E-state index in [-0.39, 0.29) is 35.5 Å².